The molecule has 0 atom stereocenters. The Bertz CT molecular complexity index is 750. The van der Waals surface area contributed by atoms with Gasteiger partial charge < -0.3 is 4.57 Å². The third kappa shape index (κ3) is 3.02. The maximum absolute atomic E-state index is 14.0. The lowest BCUT2D eigenvalue weighted by Gasteiger charge is -2.17. The standard InChI is InChI=1S/C15H15B3N3OP/c16-10-1-4-13(19-7-10)23(22,14-5-2-11(17)8-20-14)15-6-3-12(18)9-21-15/h1-9H,16-18H2. The molecule has 4 nitrogen and oxygen atoms in total. The van der Waals surface area contributed by atoms with Gasteiger partial charge in [-0.2, -0.15) is 0 Å². The van der Waals surface area contributed by atoms with Crippen LogP contribution in [-0.4, -0.2) is 38.5 Å². The number of aromatic nitrogens is 3. The zero-order valence-electron chi connectivity index (χ0n) is 13.4. The van der Waals surface area contributed by atoms with Gasteiger partial charge in [0.2, 0.25) is 7.14 Å². The second-order valence-corrected chi connectivity index (χ2v) is 8.28. The van der Waals surface area contributed by atoms with Gasteiger partial charge in [0, 0.05) is 18.6 Å². The molecule has 0 aliphatic rings. The van der Waals surface area contributed by atoms with Crippen LogP contribution in [0.15, 0.2) is 55.0 Å². The third-order valence-corrected chi connectivity index (χ3v) is 6.38. The molecule has 23 heavy (non-hydrogen) atoms. The van der Waals surface area contributed by atoms with Crippen molar-refractivity contribution in [2.75, 3.05) is 0 Å². The van der Waals surface area contributed by atoms with Gasteiger partial charge in [0.15, 0.2) is 0 Å². The normalized spacial score (nSPS) is 11.3. The van der Waals surface area contributed by atoms with Crippen LogP contribution < -0.4 is 32.7 Å². The first-order valence-corrected chi connectivity index (χ1v) is 9.10. The Hall–Kier alpha value is -2.13. The van der Waals surface area contributed by atoms with E-state index in [4.69, 9.17) is 0 Å². The molecule has 8 heteroatoms. The van der Waals surface area contributed by atoms with Gasteiger partial charge in [-0.15, -0.1) is 0 Å². The molecule has 0 amide bonds. The Balaban J connectivity index is 2.24. The molecule has 3 aromatic rings. The highest BCUT2D eigenvalue weighted by Gasteiger charge is 2.33. The SMILES string of the molecule is Bc1ccc(P(=O)(c2ccc(B)cn2)c2ccc(B)cn2)nc1. The number of hydrogen-bond acceptors (Lipinski definition) is 4. The number of hydrogen-bond donors (Lipinski definition) is 0. The van der Waals surface area contributed by atoms with Crippen LogP contribution in [0.2, 0.25) is 0 Å². The van der Waals surface area contributed by atoms with Crippen molar-refractivity contribution in [3.05, 3.63) is 55.0 Å². The van der Waals surface area contributed by atoms with Crippen molar-refractivity contribution in [1.29, 1.82) is 0 Å². The van der Waals surface area contributed by atoms with E-state index in [0.717, 1.165) is 16.4 Å². The Labute approximate surface area is 138 Å². The summed E-state index contributed by atoms with van der Waals surface area (Å²) in [5.74, 6) is 0. The van der Waals surface area contributed by atoms with Gasteiger partial charge in [0.25, 0.3) is 0 Å². The summed E-state index contributed by atoms with van der Waals surface area (Å²) in [5.41, 5.74) is 4.60. The first kappa shape index (κ1) is 15.8. The lowest BCUT2D eigenvalue weighted by Crippen LogP contribution is -2.32. The van der Waals surface area contributed by atoms with Crippen LogP contribution in [0.3, 0.4) is 0 Å². The molecule has 0 spiro atoms. The third-order valence-electron chi connectivity index (χ3n) is 3.66. The Morgan fingerprint density at radius 3 is 1.13 bits per heavy atom. The van der Waals surface area contributed by atoms with E-state index in [1.807, 2.05) is 41.7 Å². The predicted molar refractivity (Wildman–Crippen MR) is 104 cm³/mol. The largest absolute Gasteiger partial charge is 0.304 e. The van der Waals surface area contributed by atoms with Crippen LogP contribution in [0, 0.1) is 0 Å². The minimum Gasteiger partial charge on any atom is -0.304 e. The summed E-state index contributed by atoms with van der Waals surface area (Å²) in [6, 6.07) is 11.2. The van der Waals surface area contributed by atoms with Crippen molar-refractivity contribution in [3.63, 3.8) is 0 Å². The lowest BCUT2D eigenvalue weighted by atomic mass is 9.99. The van der Waals surface area contributed by atoms with E-state index >= 15 is 0 Å². The first-order chi connectivity index (χ1) is 11.0. The Morgan fingerprint density at radius 1 is 0.609 bits per heavy atom. The number of rotatable bonds is 3. The fourth-order valence-corrected chi connectivity index (χ4v) is 4.51. The second kappa shape index (κ2) is 6.17. The van der Waals surface area contributed by atoms with Crippen molar-refractivity contribution in [2.24, 2.45) is 0 Å². The highest BCUT2D eigenvalue weighted by atomic mass is 31.2. The van der Waals surface area contributed by atoms with Gasteiger partial charge in [0.1, 0.15) is 39.8 Å². The zero-order valence-corrected chi connectivity index (χ0v) is 14.3. The van der Waals surface area contributed by atoms with E-state index in [2.05, 4.69) is 15.0 Å². The Morgan fingerprint density at radius 2 is 0.913 bits per heavy atom. The van der Waals surface area contributed by atoms with Gasteiger partial charge in [-0.25, -0.2) is 0 Å². The van der Waals surface area contributed by atoms with Crippen LogP contribution in [0.25, 0.3) is 0 Å². The Kier molecular flexibility index (Phi) is 4.23. The van der Waals surface area contributed by atoms with E-state index in [1.54, 1.807) is 36.8 Å². The van der Waals surface area contributed by atoms with E-state index in [0.29, 0.717) is 16.3 Å². The van der Waals surface area contributed by atoms with Gasteiger partial charge in [-0.3, -0.25) is 15.0 Å². The van der Waals surface area contributed by atoms with Crippen LogP contribution in [0.4, 0.5) is 0 Å². The average molecular weight is 317 g/mol. The maximum atomic E-state index is 14.0. The molecular weight excluding hydrogens is 302 g/mol. The fourth-order valence-electron chi connectivity index (χ4n) is 2.29. The van der Waals surface area contributed by atoms with Gasteiger partial charge in [-0.05, 0) is 18.2 Å². The minimum atomic E-state index is -3.17. The molecule has 0 saturated carbocycles. The van der Waals surface area contributed by atoms with E-state index in [-0.39, 0.29) is 0 Å². The lowest BCUT2D eigenvalue weighted by molar-refractivity contribution is 0.591. The van der Waals surface area contributed by atoms with Crippen molar-refractivity contribution >= 4 is 63.4 Å². The summed E-state index contributed by atoms with van der Waals surface area (Å²) in [6.07, 6.45) is 5.18. The zero-order chi connectivity index (χ0) is 16.4. The van der Waals surface area contributed by atoms with Crippen LogP contribution in [-0.2, 0) is 4.57 Å². The molecule has 0 radical (unpaired) electrons. The van der Waals surface area contributed by atoms with E-state index in [9.17, 15) is 4.57 Å². The topological polar surface area (TPSA) is 55.7 Å². The molecule has 0 bridgehead atoms. The van der Waals surface area contributed by atoms with Crippen LogP contribution in [0.5, 0.6) is 0 Å². The quantitative estimate of drug-likeness (QED) is 0.368. The molecular formula is C15H15B3N3OP. The molecule has 0 unspecified atom stereocenters. The summed E-state index contributed by atoms with van der Waals surface area (Å²) >= 11 is 0. The van der Waals surface area contributed by atoms with Crippen LogP contribution >= 0.6 is 7.14 Å². The predicted octanol–water partition coefficient (Wildman–Crippen LogP) is -3.71. The number of nitrogens with zero attached hydrogens (tertiary/aromatic N) is 3. The maximum Gasteiger partial charge on any atom is 0.223 e. The molecule has 0 saturated heterocycles. The molecule has 110 valence electrons. The van der Waals surface area contributed by atoms with Crippen molar-refractivity contribution in [1.82, 2.24) is 15.0 Å². The highest BCUT2D eigenvalue weighted by molar-refractivity contribution is 7.84. The highest BCUT2D eigenvalue weighted by Crippen LogP contribution is 2.39. The summed E-state index contributed by atoms with van der Waals surface area (Å²) in [5, 5.41) is 0. The summed E-state index contributed by atoms with van der Waals surface area (Å²) in [6.45, 7) is 0. The molecule has 3 heterocycles. The van der Waals surface area contributed by atoms with Gasteiger partial charge in [-0.1, -0.05) is 34.6 Å². The van der Waals surface area contributed by atoms with E-state index in [1.165, 1.54) is 0 Å². The molecule has 0 aliphatic carbocycles. The molecule has 3 rings (SSSR count). The van der Waals surface area contributed by atoms with Gasteiger partial charge >= 0.3 is 0 Å². The molecule has 0 N–H and O–H groups in total. The minimum absolute atomic E-state index is 0.510. The summed E-state index contributed by atoms with van der Waals surface area (Å²) < 4.78 is 14.0. The van der Waals surface area contributed by atoms with Crippen molar-refractivity contribution < 1.29 is 4.57 Å². The average Bonchev–Trinajstić information content (AvgIpc) is 2.56. The molecule has 3 aromatic heterocycles. The second-order valence-electron chi connectivity index (χ2n) is 5.69. The summed E-state index contributed by atoms with van der Waals surface area (Å²) in [7, 11) is 2.69. The van der Waals surface area contributed by atoms with E-state index < -0.39 is 7.14 Å². The number of pyridine rings is 3. The first-order valence-electron chi connectivity index (χ1n) is 7.40. The smallest absolute Gasteiger partial charge is 0.223 e. The summed E-state index contributed by atoms with van der Waals surface area (Å²) in [4.78, 5) is 13.2. The fraction of sp³-hybridized carbons (Fsp3) is 0. The molecule has 0 fully saturated rings. The van der Waals surface area contributed by atoms with Crippen LogP contribution in [0.1, 0.15) is 0 Å². The van der Waals surface area contributed by atoms with Crippen molar-refractivity contribution in [3.8, 4) is 0 Å². The molecule has 0 aromatic carbocycles. The van der Waals surface area contributed by atoms with Crippen molar-refractivity contribution in [2.45, 2.75) is 0 Å². The monoisotopic (exact) mass is 317 g/mol. The molecule has 0 aliphatic heterocycles. The van der Waals surface area contributed by atoms with Gasteiger partial charge in [0.05, 0.1) is 0 Å².